The molecule has 1 aromatic heterocycles. The van der Waals surface area contributed by atoms with Crippen LogP contribution in [0.5, 0.6) is 0 Å². The Hall–Kier alpha value is -2.09. The SMILES string of the molecule is O=C(O)/C=C/c1nnc(-c2c(F)cc(Br)cc2F)o1. The number of halogens is 3. The highest BCUT2D eigenvalue weighted by molar-refractivity contribution is 9.10. The predicted molar refractivity (Wildman–Crippen MR) is 64.0 cm³/mol. The third kappa shape index (κ3) is 3.02. The fourth-order valence-corrected chi connectivity index (χ4v) is 1.69. The van der Waals surface area contributed by atoms with Crippen molar-refractivity contribution in [2.75, 3.05) is 0 Å². The minimum absolute atomic E-state index is 0.167. The summed E-state index contributed by atoms with van der Waals surface area (Å²) in [6.07, 6.45) is 1.79. The highest BCUT2D eigenvalue weighted by atomic mass is 79.9. The zero-order valence-corrected chi connectivity index (χ0v) is 10.7. The number of carboxylic acid groups (broad SMARTS) is 1. The molecule has 1 N–H and O–H groups in total. The van der Waals surface area contributed by atoms with Crippen molar-refractivity contribution in [1.29, 1.82) is 0 Å². The Morgan fingerprint density at radius 2 is 1.95 bits per heavy atom. The quantitative estimate of drug-likeness (QED) is 0.875. The summed E-state index contributed by atoms with van der Waals surface area (Å²) in [6.45, 7) is 0. The molecule has 0 saturated heterocycles. The molecule has 0 saturated carbocycles. The predicted octanol–water partition coefficient (Wildman–Crippen LogP) is 2.88. The zero-order valence-electron chi connectivity index (χ0n) is 9.10. The van der Waals surface area contributed by atoms with E-state index in [4.69, 9.17) is 9.52 Å². The van der Waals surface area contributed by atoms with Gasteiger partial charge in [0.1, 0.15) is 17.2 Å². The first kappa shape index (κ1) is 13.3. The minimum atomic E-state index is -1.21. The standard InChI is InChI=1S/C11H5BrF2N2O3/c12-5-3-6(13)10(7(14)4-5)11-16-15-8(19-11)1-2-9(17)18/h1-4H,(H,17,18)/b2-1+. The smallest absolute Gasteiger partial charge is 0.328 e. The summed E-state index contributed by atoms with van der Waals surface area (Å²) < 4.78 is 32.4. The van der Waals surface area contributed by atoms with Crippen molar-refractivity contribution in [3.8, 4) is 11.5 Å². The molecule has 0 fully saturated rings. The number of rotatable bonds is 3. The summed E-state index contributed by atoms with van der Waals surface area (Å²) >= 11 is 2.94. The second-order valence-corrected chi connectivity index (χ2v) is 4.28. The normalized spacial score (nSPS) is 11.1. The van der Waals surface area contributed by atoms with Crippen LogP contribution in [0, 0.1) is 11.6 Å². The number of carbonyl (C=O) groups is 1. The van der Waals surface area contributed by atoms with Crippen LogP contribution in [0.2, 0.25) is 0 Å². The highest BCUT2D eigenvalue weighted by Crippen LogP contribution is 2.28. The third-order valence-corrected chi connectivity index (χ3v) is 2.49. The Bertz CT molecular complexity index is 647. The van der Waals surface area contributed by atoms with E-state index in [1.807, 2.05) is 0 Å². The summed E-state index contributed by atoms with van der Waals surface area (Å²) in [5.74, 6) is -3.49. The second-order valence-electron chi connectivity index (χ2n) is 3.36. The van der Waals surface area contributed by atoms with Crippen LogP contribution in [0.25, 0.3) is 17.5 Å². The maximum Gasteiger partial charge on any atom is 0.328 e. The van der Waals surface area contributed by atoms with E-state index >= 15 is 0 Å². The molecule has 2 aromatic rings. The van der Waals surface area contributed by atoms with Crippen LogP contribution in [-0.2, 0) is 4.79 Å². The van der Waals surface area contributed by atoms with Crippen molar-refractivity contribution >= 4 is 28.0 Å². The Morgan fingerprint density at radius 1 is 1.32 bits per heavy atom. The number of hydrogen-bond acceptors (Lipinski definition) is 4. The molecule has 8 heteroatoms. The molecule has 0 bridgehead atoms. The lowest BCUT2D eigenvalue weighted by molar-refractivity contribution is -0.131. The van der Waals surface area contributed by atoms with Crippen LogP contribution in [-0.4, -0.2) is 21.3 Å². The fourth-order valence-electron chi connectivity index (χ4n) is 1.29. The van der Waals surface area contributed by atoms with Crippen LogP contribution in [0.1, 0.15) is 5.89 Å². The lowest BCUT2D eigenvalue weighted by Gasteiger charge is -2.00. The van der Waals surface area contributed by atoms with Crippen LogP contribution in [0.4, 0.5) is 8.78 Å². The first-order valence-electron chi connectivity index (χ1n) is 4.87. The van der Waals surface area contributed by atoms with Crippen LogP contribution >= 0.6 is 15.9 Å². The van der Waals surface area contributed by atoms with E-state index in [0.29, 0.717) is 0 Å². The summed E-state index contributed by atoms with van der Waals surface area (Å²) in [6, 6.07) is 2.10. The van der Waals surface area contributed by atoms with Crippen molar-refractivity contribution in [2.24, 2.45) is 0 Å². The Kier molecular flexibility index (Phi) is 3.70. The fraction of sp³-hybridized carbons (Fsp3) is 0. The van der Waals surface area contributed by atoms with Gasteiger partial charge >= 0.3 is 5.97 Å². The molecule has 0 amide bonds. The molecule has 5 nitrogen and oxygen atoms in total. The van der Waals surface area contributed by atoms with Gasteiger partial charge in [-0.15, -0.1) is 10.2 Å². The second kappa shape index (κ2) is 5.27. The van der Waals surface area contributed by atoms with Gasteiger partial charge < -0.3 is 9.52 Å². The number of nitrogens with zero attached hydrogens (tertiary/aromatic N) is 2. The molecule has 0 unspecified atom stereocenters. The molecule has 0 aliphatic heterocycles. The largest absolute Gasteiger partial charge is 0.478 e. The molecule has 1 aromatic carbocycles. The van der Waals surface area contributed by atoms with Gasteiger partial charge in [0.05, 0.1) is 0 Å². The van der Waals surface area contributed by atoms with Gasteiger partial charge in [-0.2, -0.15) is 0 Å². The van der Waals surface area contributed by atoms with Gasteiger partial charge in [-0.05, 0) is 12.1 Å². The van der Waals surface area contributed by atoms with E-state index in [0.717, 1.165) is 24.3 Å². The van der Waals surface area contributed by atoms with Crippen LogP contribution in [0.15, 0.2) is 27.1 Å². The lowest BCUT2D eigenvalue weighted by atomic mass is 10.2. The summed E-state index contributed by atoms with van der Waals surface area (Å²) in [7, 11) is 0. The molecule has 19 heavy (non-hydrogen) atoms. The number of aliphatic carboxylic acids is 1. The van der Waals surface area contributed by atoms with Crippen LogP contribution < -0.4 is 0 Å². The molecular formula is C11H5BrF2N2O3. The summed E-state index contributed by atoms with van der Waals surface area (Å²) in [5.41, 5.74) is -0.467. The van der Waals surface area contributed by atoms with E-state index in [9.17, 15) is 13.6 Å². The number of aromatic nitrogens is 2. The van der Waals surface area contributed by atoms with Crippen LogP contribution in [0.3, 0.4) is 0 Å². The summed E-state index contributed by atoms with van der Waals surface area (Å²) in [4.78, 5) is 10.3. The van der Waals surface area contributed by atoms with Gasteiger partial charge in [-0.25, -0.2) is 13.6 Å². The first-order chi connectivity index (χ1) is 8.97. The molecule has 98 valence electrons. The van der Waals surface area contributed by atoms with Gasteiger partial charge in [0, 0.05) is 16.6 Å². The zero-order chi connectivity index (χ0) is 14.0. The van der Waals surface area contributed by atoms with Gasteiger partial charge in [-0.1, -0.05) is 15.9 Å². The van der Waals surface area contributed by atoms with E-state index in [2.05, 4.69) is 26.1 Å². The maximum atomic E-state index is 13.6. The summed E-state index contributed by atoms with van der Waals surface area (Å²) in [5, 5.41) is 15.3. The third-order valence-electron chi connectivity index (χ3n) is 2.03. The molecule has 1 heterocycles. The topological polar surface area (TPSA) is 76.2 Å². The minimum Gasteiger partial charge on any atom is -0.478 e. The average molecular weight is 331 g/mol. The van der Waals surface area contributed by atoms with Crippen molar-refractivity contribution in [1.82, 2.24) is 10.2 Å². The van der Waals surface area contributed by atoms with E-state index in [1.165, 1.54) is 0 Å². The van der Waals surface area contributed by atoms with Gasteiger partial charge in [0.15, 0.2) is 0 Å². The van der Waals surface area contributed by atoms with Gasteiger partial charge in [-0.3, -0.25) is 0 Å². The van der Waals surface area contributed by atoms with Crippen molar-refractivity contribution in [3.63, 3.8) is 0 Å². The molecule has 0 aliphatic carbocycles. The van der Waals surface area contributed by atoms with E-state index in [-0.39, 0.29) is 16.3 Å². The van der Waals surface area contributed by atoms with Gasteiger partial charge in [0.25, 0.3) is 5.89 Å². The van der Waals surface area contributed by atoms with Gasteiger partial charge in [0.2, 0.25) is 5.89 Å². The Labute approximate surface area is 113 Å². The monoisotopic (exact) mass is 330 g/mol. The Morgan fingerprint density at radius 3 is 2.53 bits per heavy atom. The van der Waals surface area contributed by atoms with Crippen molar-refractivity contribution in [2.45, 2.75) is 0 Å². The van der Waals surface area contributed by atoms with E-state index in [1.54, 1.807) is 0 Å². The average Bonchev–Trinajstić information content (AvgIpc) is 2.73. The van der Waals surface area contributed by atoms with Crippen molar-refractivity contribution < 1.29 is 23.1 Å². The van der Waals surface area contributed by atoms with Crippen molar-refractivity contribution in [3.05, 3.63) is 40.2 Å². The molecule has 0 atom stereocenters. The lowest BCUT2D eigenvalue weighted by Crippen LogP contribution is -1.90. The molecular weight excluding hydrogens is 326 g/mol. The first-order valence-corrected chi connectivity index (χ1v) is 5.66. The highest BCUT2D eigenvalue weighted by Gasteiger charge is 2.18. The number of hydrogen-bond donors (Lipinski definition) is 1. The number of benzene rings is 1. The molecule has 0 radical (unpaired) electrons. The van der Waals surface area contributed by atoms with E-state index < -0.39 is 23.2 Å². The molecule has 0 aliphatic rings. The molecule has 0 spiro atoms. The Balaban J connectivity index is 2.41. The maximum absolute atomic E-state index is 13.6. The molecule has 2 rings (SSSR count). The number of carboxylic acids is 1.